The molecule has 1 aliphatic heterocycles. The number of piperazine rings is 1. The fourth-order valence-electron chi connectivity index (χ4n) is 5.13. The highest BCUT2D eigenvalue weighted by Crippen LogP contribution is 2.42. The first-order chi connectivity index (χ1) is 16.0. The lowest BCUT2D eigenvalue weighted by Gasteiger charge is -2.40. The number of nitrogens with zero attached hydrogens (tertiary/aromatic N) is 4. The normalized spacial score (nSPS) is 20.5. The molecule has 1 saturated heterocycles. The molecule has 0 spiro atoms. The molecule has 2 aromatic heterocycles. The third-order valence-corrected chi connectivity index (χ3v) is 7.51. The van der Waals surface area contributed by atoms with Crippen molar-refractivity contribution in [2.45, 2.75) is 56.9 Å². The van der Waals surface area contributed by atoms with E-state index in [1.807, 2.05) is 17.0 Å². The van der Waals surface area contributed by atoms with Gasteiger partial charge in [0.15, 0.2) is 5.69 Å². The Morgan fingerprint density at radius 1 is 1.15 bits per heavy atom. The van der Waals surface area contributed by atoms with Gasteiger partial charge in [0.1, 0.15) is 6.54 Å². The molecule has 3 heterocycles. The van der Waals surface area contributed by atoms with Crippen LogP contribution in [0.1, 0.15) is 72.6 Å². The van der Waals surface area contributed by atoms with Gasteiger partial charge in [-0.15, -0.1) is 0 Å². The number of rotatable bonds is 5. The first kappa shape index (κ1) is 21.9. The number of carbonyl (C=O) groups excluding carboxylic acids is 2. The van der Waals surface area contributed by atoms with Crippen molar-refractivity contribution < 1.29 is 9.59 Å². The summed E-state index contributed by atoms with van der Waals surface area (Å²) in [6, 6.07) is 4.24. The summed E-state index contributed by atoms with van der Waals surface area (Å²) >= 11 is 6.68. The van der Waals surface area contributed by atoms with Crippen molar-refractivity contribution in [2.75, 3.05) is 19.6 Å². The summed E-state index contributed by atoms with van der Waals surface area (Å²) in [6.45, 7) is 1.07. The Bertz CT molecular complexity index is 1150. The minimum atomic E-state index is -0.340. The molecule has 33 heavy (non-hydrogen) atoms. The molecule has 5 rings (SSSR count). The van der Waals surface area contributed by atoms with Crippen molar-refractivity contribution in [3.63, 3.8) is 0 Å². The van der Waals surface area contributed by atoms with Gasteiger partial charge in [-0.05, 0) is 49.3 Å². The van der Waals surface area contributed by atoms with E-state index < -0.39 is 0 Å². The van der Waals surface area contributed by atoms with E-state index >= 15 is 0 Å². The lowest BCUT2D eigenvalue weighted by Crippen LogP contribution is -2.55. The Kier molecular flexibility index (Phi) is 5.86. The molecule has 3 N–H and O–H groups in total. The number of nitrogens with one attached hydrogen (secondary N) is 1. The number of pyridine rings is 1. The number of halogens is 1. The number of hydrogen-bond acceptors (Lipinski definition) is 5. The molecule has 2 aliphatic carbocycles. The largest absolute Gasteiger partial charge is 0.404 e. The Morgan fingerprint density at radius 2 is 1.91 bits per heavy atom. The molecular weight excluding hydrogens is 440 g/mol. The smallest absolute Gasteiger partial charge is 0.276 e. The SMILES string of the molecule is N=C/C(=C\N)c1cc(C2CC2)cc2c(Cl)c(C(=O)N3CCN(C4CCCCC4)C(=O)C3)nn12. The number of carbonyl (C=O) groups is 2. The van der Waals surface area contributed by atoms with Gasteiger partial charge >= 0.3 is 0 Å². The van der Waals surface area contributed by atoms with Gasteiger partial charge in [0.05, 0.1) is 16.2 Å². The van der Waals surface area contributed by atoms with Crippen LogP contribution in [0.15, 0.2) is 18.3 Å². The number of aromatic nitrogens is 2. The van der Waals surface area contributed by atoms with E-state index in [2.05, 4.69) is 5.10 Å². The molecular formula is C24H29ClN6O2. The zero-order valence-corrected chi connectivity index (χ0v) is 19.4. The van der Waals surface area contributed by atoms with E-state index in [1.54, 1.807) is 9.42 Å². The first-order valence-electron chi connectivity index (χ1n) is 11.8. The molecule has 2 aromatic rings. The lowest BCUT2D eigenvalue weighted by molar-refractivity contribution is -0.138. The summed E-state index contributed by atoms with van der Waals surface area (Å²) in [6.07, 6.45) is 10.4. The van der Waals surface area contributed by atoms with Gasteiger partial charge < -0.3 is 20.9 Å². The second-order valence-corrected chi connectivity index (χ2v) is 9.66. The van der Waals surface area contributed by atoms with Gasteiger partial charge in [0.2, 0.25) is 5.91 Å². The molecule has 0 aromatic carbocycles. The molecule has 3 fully saturated rings. The van der Waals surface area contributed by atoms with E-state index in [-0.39, 0.29) is 29.1 Å². The van der Waals surface area contributed by atoms with Crippen molar-refractivity contribution in [3.05, 3.63) is 40.3 Å². The molecule has 2 amide bonds. The van der Waals surface area contributed by atoms with Gasteiger partial charge in [0.25, 0.3) is 5.91 Å². The monoisotopic (exact) mass is 468 g/mol. The highest BCUT2D eigenvalue weighted by molar-refractivity contribution is 6.37. The maximum Gasteiger partial charge on any atom is 0.276 e. The average molecular weight is 469 g/mol. The topological polar surface area (TPSA) is 108 Å². The minimum Gasteiger partial charge on any atom is -0.404 e. The summed E-state index contributed by atoms with van der Waals surface area (Å²) in [7, 11) is 0. The Balaban J connectivity index is 1.44. The summed E-state index contributed by atoms with van der Waals surface area (Å²) in [5.74, 6) is 0.108. The molecule has 8 nitrogen and oxygen atoms in total. The predicted octanol–water partition coefficient (Wildman–Crippen LogP) is 3.43. The van der Waals surface area contributed by atoms with Crippen LogP contribution in [-0.4, -0.2) is 63.1 Å². The van der Waals surface area contributed by atoms with E-state index in [9.17, 15) is 9.59 Å². The van der Waals surface area contributed by atoms with Crippen LogP contribution in [0.3, 0.4) is 0 Å². The van der Waals surface area contributed by atoms with Crippen molar-refractivity contribution in [2.24, 2.45) is 5.73 Å². The first-order valence-corrected chi connectivity index (χ1v) is 12.1. The van der Waals surface area contributed by atoms with E-state index in [0.29, 0.717) is 41.8 Å². The number of nitrogens with two attached hydrogens (primary N) is 1. The fourth-order valence-corrected chi connectivity index (χ4v) is 5.38. The number of hydrogen-bond donors (Lipinski definition) is 2. The standard InChI is InChI=1S/C24H29ClN6O2/c25-22-20-11-16(15-6-7-15)10-19(17(12-26)13-27)31(20)28-23(22)24(33)29-8-9-30(21(32)14-29)18-4-2-1-3-5-18/h10-13,15,18,26H,1-9,14,27H2/b17-13+,26-12?. The molecule has 0 atom stereocenters. The van der Waals surface area contributed by atoms with Crippen molar-refractivity contribution in [1.29, 1.82) is 5.41 Å². The van der Waals surface area contributed by atoms with Crippen LogP contribution < -0.4 is 5.73 Å². The molecule has 0 unspecified atom stereocenters. The number of fused-ring (bicyclic) bond motifs is 1. The van der Waals surface area contributed by atoms with Gasteiger partial charge in [-0.25, -0.2) is 4.52 Å². The summed E-state index contributed by atoms with van der Waals surface area (Å²) in [4.78, 5) is 29.8. The van der Waals surface area contributed by atoms with Gasteiger partial charge in [-0.2, -0.15) is 5.10 Å². The van der Waals surface area contributed by atoms with E-state index in [0.717, 1.165) is 44.1 Å². The maximum absolute atomic E-state index is 13.4. The highest BCUT2D eigenvalue weighted by atomic mass is 35.5. The predicted molar refractivity (Wildman–Crippen MR) is 128 cm³/mol. The maximum atomic E-state index is 13.4. The Hall–Kier alpha value is -2.87. The zero-order chi connectivity index (χ0) is 23.1. The Morgan fingerprint density at radius 3 is 2.55 bits per heavy atom. The molecule has 174 valence electrons. The lowest BCUT2D eigenvalue weighted by atomic mass is 9.93. The van der Waals surface area contributed by atoms with Crippen LogP contribution in [0.5, 0.6) is 0 Å². The van der Waals surface area contributed by atoms with Crippen molar-refractivity contribution >= 4 is 40.7 Å². The van der Waals surface area contributed by atoms with Crippen molar-refractivity contribution in [3.8, 4) is 0 Å². The molecule has 0 bridgehead atoms. The summed E-state index contributed by atoms with van der Waals surface area (Å²) in [5, 5.41) is 12.5. The summed E-state index contributed by atoms with van der Waals surface area (Å²) in [5.41, 5.74) is 8.74. The van der Waals surface area contributed by atoms with Crippen LogP contribution >= 0.6 is 11.6 Å². The highest BCUT2D eigenvalue weighted by Gasteiger charge is 2.35. The van der Waals surface area contributed by atoms with Crippen LogP contribution in [0.4, 0.5) is 0 Å². The number of amides is 2. The van der Waals surface area contributed by atoms with Crippen LogP contribution in [0, 0.1) is 5.41 Å². The van der Waals surface area contributed by atoms with Gasteiger partial charge in [-0.3, -0.25) is 9.59 Å². The second-order valence-electron chi connectivity index (χ2n) is 9.28. The second kappa shape index (κ2) is 8.82. The summed E-state index contributed by atoms with van der Waals surface area (Å²) < 4.78 is 1.59. The van der Waals surface area contributed by atoms with Crippen LogP contribution in [0.2, 0.25) is 5.02 Å². The molecule has 0 radical (unpaired) electrons. The minimum absolute atomic E-state index is 0.00440. The van der Waals surface area contributed by atoms with E-state index in [4.69, 9.17) is 22.7 Å². The molecule has 2 saturated carbocycles. The average Bonchev–Trinajstić information content (AvgIpc) is 3.64. The van der Waals surface area contributed by atoms with Crippen LogP contribution in [0.25, 0.3) is 11.1 Å². The van der Waals surface area contributed by atoms with Crippen LogP contribution in [-0.2, 0) is 4.79 Å². The quantitative estimate of drug-likeness (QED) is 0.655. The number of allylic oxidation sites excluding steroid dienone is 1. The third-order valence-electron chi connectivity index (χ3n) is 7.14. The van der Waals surface area contributed by atoms with E-state index in [1.165, 1.54) is 18.8 Å². The zero-order valence-electron chi connectivity index (χ0n) is 18.6. The van der Waals surface area contributed by atoms with Gasteiger partial charge in [0, 0.05) is 37.1 Å². The van der Waals surface area contributed by atoms with Gasteiger partial charge in [-0.1, -0.05) is 30.9 Å². The Labute approximate surface area is 197 Å². The van der Waals surface area contributed by atoms with Crippen molar-refractivity contribution in [1.82, 2.24) is 19.4 Å². The molecule has 9 heteroatoms. The fraction of sp³-hybridized carbons (Fsp3) is 0.500. The third kappa shape index (κ3) is 4.01. The molecule has 3 aliphatic rings.